The van der Waals surface area contributed by atoms with E-state index < -0.39 is 0 Å². The highest BCUT2D eigenvalue weighted by atomic mass is 16.3. The Kier molecular flexibility index (Phi) is 4.78. The van der Waals surface area contributed by atoms with Gasteiger partial charge >= 0.3 is 0 Å². The van der Waals surface area contributed by atoms with Crippen LogP contribution in [-0.4, -0.2) is 46.5 Å². The molecule has 1 saturated carbocycles. The first-order valence-electron chi connectivity index (χ1n) is 7.02. The van der Waals surface area contributed by atoms with Gasteiger partial charge in [-0.2, -0.15) is 5.10 Å². The number of aliphatic hydroxyl groups is 1. The molecule has 0 saturated heterocycles. The van der Waals surface area contributed by atoms with Crippen LogP contribution < -0.4 is 0 Å². The van der Waals surface area contributed by atoms with Gasteiger partial charge in [-0.25, -0.2) is 0 Å². The number of aliphatic hydroxyl groups excluding tert-OH is 1. The summed E-state index contributed by atoms with van der Waals surface area (Å²) in [7, 11) is 4.06. The van der Waals surface area contributed by atoms with Crippen molar-refractivity contribution in [1.29, 1.82) is 0 Å². The van der Waals surface area contributed by atoms with Crippen LogP contribution in [0.3, 0.4) is 0 Å². The fourth-order valence-electron chi connectivity index (χ4n) is 2.61. The summed E-state index contributed by atoms with van der Waals surface area (Å²) in [5, 5.41) is 14.6. The fraction of sp³-hybridized carbons (Fsp3) is 0.786. The Bertz CT molecular complexity index is 356. The maximum Gasteiger partial charge on any atom is 0.0650 e. The topological polar surface area (TPSA) is 41.3 Å². The molecule has 1 unspecified atom stereocenters. The Morgan fingerprint density at radius 1 is 1.44 bits per heavy atom. The minimum Gasteiger partial charge on any atom is -0.393 e. The molecule has 4 heteroatoms. The lowest BCUT2D eigenvalue weighted by Crippen LogP contribution is -2.21. The van der Waals surface area contributed by atoms with Gasteiger partial charge in [0, 0.05) is 12.6 Å². The minimum atomic E-state index is -0.278. The quantitative estimate of drug-likeness (QED) is 0.839. The molecule has 2 rings (SSSR count). The lowest BCUT2D eigenvalue weighted by Gasteiger charge is -2.13. The maximum atomic E-state index is 9.95. The zero-order chi connectivity index (χ0) is 13.0. The van der Waals surface area contributed by atoms with Gasteiger partial charge in [0.1, 0.15) is 0 Å². The molecule has 0 aromatic carbocycles. The zero-order valence-electron chi connectivity index (χ0n) is 11.5. The lowest BCUT2D eigenvalue weighted by atomic mass is 10.1. The van der Waals surface area contributed by atoms with Crippen molar-refractivity contribution >= 4 is 0 Å². The van der Waals surface area contributed by atoms with Crippen LogP contribution in [0.15, 0.2) is 12.3 Å². The summed E-state index contributed by atoms with van der Waals surface area (Å²) in [5.74, 6) is 0. The van der Waals surface area contributed by atoms with Gasteiger partial charge in [-0.1, -0.05) is 12.8 Å². The van der Waals surface area contributed by atoms with Crippen LogP contribution in [0, 0.1) is 0 Å². The van der Waals surface area contributed by atoms with Crippen molar-refractivity contribution in [2.24, 2.45) is 0 Å². The van der Waals surface area contributed by atoms with Gasteiger partial charge in [-0.15, -0.1) is 0 Å². The van der Waals surface area contributed by atoms with E-state index in [0.717, 1.165) is 18.7 Å². The highest BCUT2D eigenvalue weighted by Crippen LogP contribution is 2.28. The second-order valence-electron chi connectivity index (χ2n) is 5.68. The third-order valence-corrected chi connectivity index (χ3v) is 3.72. The smallest absolute Gasteiger partial charge is 0.0650 e. The second-order valence-corrected chi connectivity index (χ2v) is 5.68. The molecule has 1 heterocycles. The van der Waals surface area contributed by atoms with Crippen molar-refractivity contribution in [1.82, 2.24) is 14.7 Å². The molecule has 1 aromatic heterocycles. The molecule has 1 N–H and O–H groups in total. The van der Waals surface area contributed by atoms with Crippen molar-refractivity contribution in [2.45, 2.75) is 50.7 Å². The first-order chi connectivity index (χ1) is 8.65. The van der Waals surface area contributed by atoms with Crippen LogP contribution >= 0.6 is 0 Å². The lowest BCUT2D eigenvalue weighted by molar-refractivity contribution is 0.151. The molecule has 0 radical (unpaired) electrons. The average Bonchev–Trinajstić information content (AvgIpc) is 2.95. The maximum absolute atomic E-state index is 9.95. The molecular weight excluding hydrogens is 226 g/mol. The van der Waals surface area contributed by atoms with E-state index in [1.54, 1.807) is 0 Å². The summed E-state index contributed by atoms with van der Waals surface area (Å²) >= 11 is 0. The van der Waals surface area contributed by atoms with E-state index in [1.807, 2.05) is 14.1 Å². The molecule has 1 aliphatic carbocycles. The molecule has 1 aromatic rings. The summed E-state index contributed by atoms with van der Waals surface area (Å²) in [6, 6.07) is 2.65. The van der Waals surface area contributed by atoms with Crippen LogP contribution in [0.4, 0.5) is 0 Å². The van der Waals surface area contributed by atoms with E-state index >= 15 is 0 Å². The Morgan fingerprint density at radius 2 is 2.17 bits per heavy atom. The average molecular weight is 251 g/mol. The second kappa shape index (κ2) is 6.34. The first-order valence-corrected chi connectivity index (χ1v) is 7.02. The van der Waals surface area contributed by atoms with Gasteiger partial charge in [-0.05, 0) is 46.0 Å². The summed E-state index contributed by atoms with van der Waals surface area (Å²) in [6.07, 6.45) is 8.44. The van der Waals surface area contributed by atoms with Crippen LogP contribution in [0.2, 0.25) is 0 Å². The molecule has 1 atom stereocenters. The molecule has 0 amide bonds. The molecule has 0 spiro atoms. The van der Waals surface area contributed by atoms with Gasteiger partial charge in [-0.3, -0.25) is 4.68 Å². The standard InChI is InChI=1S/C14H25N3O/c1-16(2)9-8-14(18)11-12-7-10-17(15-12)13-5-3-4-6-13/h7,10,13-14,18H,3-6,8-9,11H2,1-2H3. The summed E-state index contributed by atoms with van der Waals surface area (Å²) in [4.78, 5) is 2.10. The van der Waals surface area contributed by atoms with Gasteiger partial charge < -0.3 is 10.0 Å². The number of hydrogen-bond donors (Lipinski definition) is 1. The van der Waals surface area contributed by atoms with Crippen molar-refractivity contribution in [2.75, 3.05) is 20.6 Å². The molecule has 1 aliphatic rings. The minimum absolute atomic E-state index is 0.278. The summed E-state index contributed by atoms with van der Waals surface area (Å²) in [5.41, 5.74) is 1.02. The van der Waals surface area contributed by atoms with Crippen LogP contribution in [-0.2, 0) is 6.42 Å². The summed E-state index contributed by atoms with van der Waals surface area (Å²) < 4.78 is 2.10. The van der Waals surface area contributed by atoms with Gasteiger partial charge in [0.25, 0.3) is 0 Å². The number of aromatic nitrogens is 2. The Hall–Kier alpha value is -0.870. The van der Waals surface area contributed by atoms with Gasteiger partial charge in [0.05, 0.1) is 17.8 Å². The Labute approximate surface area is 110 Å². The van der Waals surface area contributed by atoms with E-state index in [0.29, 0.717) is 12.5 Å². The van der Waals surface area contributed by atoms with E-state index in [9.17, 15) is 5.11 Å². The molecule has 4 nitrogen and oxygen atoms in total. The summed E-state index contributed by atoms with van der Waals surface area (Å²) in [6.45, 7) is 0.921. The third-order valence-electron chi connectivity index (χ3n) is 3.72. The molecule has 1 fully saturated rings. The first kappa shape index (κ1) is 13.6. The zero-order valence-corrected chi connectivity index (χ0v) is 11.5. The Morgan fingerprint density at radius 3 is 2.83 bits per heavy atom. The van der Waals surface area contributed by atoms with Crippen molar-refractivity contribution in [3.63, 3.8) is 0 Å². The van der Waals surface area contributed by atoms with E-state index in [1.165, 1.54) is 25.7 Å². The molecule has 0 aliphatic heterocycles. The fourth-order valence-corrected chi connectivity index (χ4v) is 2.61. The normalized spacial score (nSPS) is 18.7. The number of rotatable bonds is 6. The van der Waals surface area contributed by atoms with Crippen LogP contribution in [0.25, 0.3) is 0 Å². The monoisotopic (exact) mass is 251 g/mol. The predicted molar refractivity (Wildman–Crippen MR) is 72.6 cm³/mol. The molecule has 0 bridgehead atoms. The Balaban J connectivity index is 1.82. The molecular formula is C14H25N3O. The SMILES string of the molecule is CN(C)CCC(O)Cc1ccn(C2CCCC2)n1. The third kappa shape index (κ3) is 3.82. The van der Waals surface area contributed by atoms with Crippen LogP contribution in [0.5, 0.6) is 0 Å². The van der Waals surface area contributed by atoms with Crippen molar-refractivity contribution < 1.29 is 5.11 Å². The highest BCUT2D eigenvalue weighted by molar-refractivity contribution is 5.01. The van der Waals surface area contributed by atoms with Gasteiger partial charge in [0.2, 0.25) is 0 Å². The van der Waals surface area contributed by atoms with Crippen molar-refractivity contribution in [3.05, 3.63) is 18.0 Å². The van der Waals surface area contributed by atoms with E-state index in [-0.39, 0.29) is 6.10 Å². The number of nitrogens with zero attached hydrogens (tertiary/aromatic N) is 3. The molecule has 102 valence electrons. The van der Waals surface area contributed by atoms with Gasteiger partial charge in [0.15, 0.2) is 0 Å². The van der Waals surface area contributed by atoms with E-state index in [2.05, 4.69) is 26.9 Å². The highest BCUT2D eigenvalue weighted by Gasteiger charge is 2.18. The predicted octanol–water partition coefficient (Wildman–Crippen LogP) is 1.85. The molecule has 18 heavy (non-hydrogen) atoms. The van der Waals surface area contributed by atoms with Crippen molar-refractivity contribution in [3.8, 4) is 0 Å². The van der Waals surface area contributed by atoms with Crippen LogP contribution in [0.1, 0.15) is 43.8 Å². The number of hydrogen-bond acceptors (Lipinski definition) is 3. The van der Waals surface area contributed by atoms with E-state index in [4.69, 9.17) is 0 Å². The largest absolute Gasteiger partial charge is 0.393 e.